The summed E-state index contributed by atoms with van der Waals surface area (Å²) in [4.78, 5) is 14.2. The van der Waals surface area contributed by atoms with Crippen LogP contribution < -0.4 is 5.32 Å². The summed E-state index contributed by atoms with van der Waals surface area (Å²) in [5.41, 5.74) is 0. The van der Waals surface area contributed by atoms with Crippen molar-refractivity contribution >= 4 is 5.91 Å². The van der Waals surface area contributed by atoms with E-state index >= 15 is 0 Å². The predicted molar refractivity (Wildman–Crippen MR) is 78.0 cm³/mol. The van der Waals surface area contributed by atoms with E-state index in [2.05, 4.69) is 19.2 Å². The van der Waals surface area contributed by atoms with E-state index in [9.17, 15) is 4.79 Å². The van der Waals surface area contributed by atoms with Gasteiger partial charge in [-0.25, -0.2) is 0 Å². The normalized spacial score (nSPS) is 19.8. The third-order valence-electron chi connectivity index (χ3n) is 3.80. The van der Waals surface area contributed by atoms with Crippen LogP contribution in [0.4, 0.5) is 0 Å². The molecule has 0 radical (unpaired) electrons. The summed E-state index contributed by atoms with van der Waals surface area (Å²) in [6, 6.07) is 0.573. The fourth-order valence-corrected chi connectivity index (χ4v) is 2.74. The van der Waals surface area contributed by atoms with E-state index in [1.165, 1.54) is 12.8 Å². The molecule has 1 rings (SSSR count). The molecule has 0 aromatic carbocycles. The summed E-state index contributed by atoms with van der Waals surface area (Å²) >= 11 is 0. The zero-order valence-electron chi connectivity index (χ0n) is 12.5. The van der Waals surface area contributed by atoms with Crippen LogP contribution >= 0.6 is 0 Å². The largest absolute Gasteiger partial charge is 0.396 e. The second-order valence-corrected chi connectivity index (χ2v) is 5.83. The standard InChI is InChI=1S/C15H30N2O2/c1-13(8-7-11-18)16-14(2)12-15(19)17-9-5-3-4-6-10-17/h13-14,16,18H,3-12H2,1-2H3. The van der Waals surface area contributed by atoms with E-state index in [-0.39, 0.29) is 18.6 Å². The van der Waals surface area contributed by atoms with Gasteiger partial charge in [0.15, 0.2) is 0 Å². The first-order valence-electron chi connectivity index (χ1n) is 7.78. The van der Waals surface area contributed by atoms with Gasteiger partial charge in [0.2, 0.25) is 5.91 Å². The van der Waals surface area contributed by atoms with Crippen LogP contribution in [0.1, 0.15) is 58.8 Å². The number of nitrogens with zero attached hydrogens (tertiary/aromatic N) is 1. The van der Waals surface area contributed by atoms with E-state index in [4.69, 9.17) is 5.11 Å². The fraction of sp³-hybridized carbons (Fsp3) is 0.933. The highest BCUT2D eigenvalue weighted by Gasteiger charge is 2.18. The Labute approximate surface area is 117 Å². The molecule has 19 heavy (non-hydrogen) atoms. The highest BCUT2D eigenvalue weighted by molar-refractivity contribution is 5.76. The van der Waals surface area contributed by atoms with Gasteiger partial charge in [-0.1, -0.05) is 12.8 Å². The van der Waals surface area contributed by atoms with Gasteiger partial charge < -0.3 is 15.3 Å². The van der Waals surface area contributed by atoms with Gasteiger partial charge in [-0.15, -0.1) is 0 Å². The van der Waals surface area contributed by atoms with Crippen LogP contribution in [-0.4, -0.2) is 47.7 Å². The first-order valence-corrected chi connectivity index (χ1v) is 7.78. The first kappa shape index (κ1) is 16.4. The fourth-order valence-electron chi connectivity index (χ4n) is 2.74. The lowest BCUT2D eigenvalue weighted by Gasteiger charge is -2.24. The van der Waals surface area contributed by atoms with Crippen LogP contribution in [-0.2, 0) is 4.79 Å². The predicted octanol–water partition coefficient (Wildman–Crippen LogP) is 1.92. The van der Waals surface area contributed by atoms with E-state index in [1.807, 2.05) is 4.90 Å². The maximum Gasteiger partial charge on any atom is 0.224 e. The Kier molecular flexibility index (Phi) is 8.07. The van der Waals surface area contributed by atoms with Gasteiger partial charge in [0.25, 0.3) is 0 Å². The van der Waals surface area contributed by atoms with Gasteiger partial charge in [0.1, 0.15) is 0 Å². The minimum absolute atomic E-state index is 0.212. The lowest BCUT2D eigenvalue weighted by Crippen LogP contribution is -2.40. The number of hydrogen-bond donors (Lipinski definition) is 2. The Bertz CT molecular complexity index is 251. The molecule has 0 aromatic heterocycles. The van der Waals surface area contributed by atoms with E-state index in [0.717, 1.165) is 38.8 Å². The number of amides is 1. The molecule has 4 nitrogen and oxygen atoms in total. The zero-order valence-corrected chi connectivity index (χ0v) is 12.5. The van der Waals surface area contributed by atoms with E-state index < -0.39 is 0 Å². The number of rotatable bonds is 7. The van der Waals surface area contributed by atoms with Crippen molar-refractivity contribution in [2.24, 2.45) is 0 Å². The van der Waals surface area contributed by atoms with Gasteiger partial charge in [-0.05, 0) is 39.5 Å². The van der Waals surface area contributed by atoms with Crippen molar-refractivity contribution in [3.8, 4) is 0 Å². The average Bonchev–Trinajstić information content (AvgIpc) is 2.64. The van der Waals surface area contributed by atoms with Crippen molar-refractivity contribution in [3.63, 3.8) is 0 Å². The van der Waals surface area contributed by atoms with Crippen molar-refractivity contribution in [1.82, 2.24) is 10.2 Å². The van der Waals surface area contributed by atoms with Gasteiger partial charge in [-0.3, -0.25) is 4.79 Å². The van der Waals surface area contributed by atoms with Crippen LogP contribution in [0.25, 0.3) is 0 Å². The summed E-state index contributed by atoms with van der Waals surface area (Å²) in [6.45, 7) is 6.30. The Morgan fingerprint density at radius 3 is 2.37 bits per heavy atom. The highest BCUT2D eigenvalue weighted by Crippen LogP contribution is 2.11. The Morgan fingerprint density at radius 2 is 1.79 bits per heavy atom. The van der Waals surface area contributed by atoms with Gasteiger partial charge >= 0.3 is 0 Å². The molecule has 4 heteroatoms. The summed E-state index contributed by atoms with van der Waals surface area (Å²) < 4.78 is 0. The van der Waals surface area contributed by atoms with Crippen LogP contribution in [0.3, 0.4) is 0 Å². The molecular weight excluding hydrogens is 240 g/mol. The van der Waals surface area contributed by atoms with Crippen LogP contribution in [0.5, 0.6) is 0 Å². The lowest BCUT2D eigenvalue weighted by molar-refractivity contribution is -0.131. The second kappa shape index (κ2) is 9.32. The van der Waals surface area contributed by atoms with Crippen molar-refractivity contribution in [1.29, 1.82) is 0 Å². The van der Waals surface area contributed by atoms with Crippen LogP contribution in [0, 0.1) is 0 Å². The summed E-state index contributed by atoms with van der Waals surface area (Å²) in [6.07, 6.45) is 7.19. The van der Waals surface area contributed by atoms with Crippen molar-refractivity contribution in [2.45, 2.75) is 70.9 Å². The molecule has 0 bridgehead atoms. The molecule has 0 aromatic rings. The zero-order chi connectivity index (χ0) is 14.1. The number of hydrogen-bond acceptors (Lipinski definition) is 3. The summed E-state index contributed by atoms with van der Waals surface area (Å²) in [5.74, 6) is 0.288. The van der Waals surface area contributed by atoms with Crippen molar-refractivity contribution in [2.75, 3.05) is 19.7 Å². The summed E-state index contributed by atoms with van der Waals surface area (Å²) in [7, 11) is 0. The van der Waals surface area contributed by atoms with Gasteiger partial charge in [0, 0.05) is 38.2 Å². The first-order chi connectivity index (χ1) is 9.13. The molecule has 2 atom stereocenters. The van der Waals surface area contributed by atoms with E-state index in [1.54, 1.807) is 0 Å². The average molecular weight is 270 g/mol. The Morgan fingerprint density at radius 1 is 1.16 bits per heavy atom. The molecule has 1 amide bonds. The smallest absolute Gasteiger partial charge is 0.224 e. The van der Waals surface area contributed by atoms with Gasteiger partial charge in [-0.2, -0.15) is 0 Å². The summed E-state index contributed by atoms with van der Waals surface area (Å²) in [5, 5.41) is 12.2. The lowest BCUT2D eigenvalue weighted by atomic mass is 10.1. The molecular formula is C15H30N2O2. The monoisotopic (exact) mass is 270 g/mol. The molecule has 0 aliphatic carbocycles. The molecule has 2 N–H and O–H groups in total. The molecule has 112 valence electrons. The number of carbonyl (C=O) groups is 1. The Balaban J connectivity index is 2.26. The third kappa shape index (κ3) is 6.92. The topological polar surface area (TPSA) is 52.6 Å². The van der Waals surface area contributed by atoms with Gasteiger partial charge in [0.05, 0.1) is 0 Å². The number of aliphatic hydroxyl groups is 1. The number of nitrogens with one attached hydrogen (secondary N) is 1. The van der Waals surface area contributed by atoms with Crippen LogP contribution in [0.15, 0.2) is 0 Å². The third-order valence-corrected chi connectivity index (χ3v) is 3.80. The molecule has 2 unspecified atom stereocenters. The molecule has 1 saturated heterocycles. The molecule has 1 aliphatic rings. The molecule has 1 fully saturated rings. The number of likely N-dealkylation sites (tertiary alicyclic amines) is 1. The SMILES string of the molecule is CC(CCCO)NC(C)CC(=O)N1CCCCCC1. The minimum atomic E-state index is 0.212. The maximum absolute atomic E-state index is 12.2. The molecule has 0 spiro atoms. The minimum Gasteiger partial charge on any atom is -0.396 e. The van der Waals surface area contributed by atoms with Crippen molar-refractivity contribution in [3.05, 3.63) is 0 Å². The van der Waals surface area contributed by atoms with E-state index in [0.29, 0.717) is 12.5 Å². The van der Waals surface area contributed by atoms with Crippen molar-refractivity contribution < 1.29 is 9.90 Å². The maximum atomic E-state index is 12.2. The quantitative estimate of drug-likeness (QED) is 0.743. The van der Waals surface area contributed by atoms with Crippen LogP contribution in [0.2, 0.25) is 0 Å². The molecule has 0 saturated carbocycles. The molecule has 1 aliphatic heterocycles. The highest BCUT2D eigenvalue weighted by atomic mass is 16.2. The second-order valence-electron chi connectivity index (χ2n) is 5.83. The number of carbonyl (C=O) groups excluding carboxylic acids is 1. The number of aliphatic hydroxyl groups excluding tert-OH is 1. The Hall–Kier alpha value is -0.610. The molecule has 1 heterocycles.